The second-order valence-corrected chi connectivity index (χ2v) is 11.0. The molecular weight excluding hydrogens is 508 g/mol. The number of nitrogens with one attached hydrogen (secondary N) is 2. The Balaban J connectivity index is 1.60. The van der Waals surface area contributed by atoms with Crippen molar-refractivity contribution in [1.82, 2.24) is 19.9 Å². The number of benzene rings is 1. The molecule has 0 saturated carbocycles. The summed E-state index contributed by atoms with van der Waals surface area (Å²) in [6, 6.07) is 19.3. The first kappa shape index (κ1) is 26.4. The van der Waals surface area contributed by atoms with Crippen molar-refractivity contribution in [3.8, 4) is 11.6 Å². The first-order valence-electron chi connectivity index (χ1n) is 12.8. The summed E-state index contributed by atoms with van der Waals surface area (Å²) in [5, 5.41) is 7.05. The average Bonchev–Trinajstić information content (AvgIpc) is 3.53. The molecule has 0 aliphatic carbocycles. The maximum absolute atomic E-state index is 12.7. The highest BCUT2D eigenvalue weighted by Gasteiger charge is 2.42. The van der Waals surface area contributed by atoms with Gasteiger partial charge in [-0.05, 0) is 67.2 Å². The molecule has 9 heteroatoms. The molecule has 1 aliphatic rings. The van der Waals surface area contributed by atoms with E-state index < -0.39 is 5.41 Å². The van der Waals surface area contributed by atoms with Crippen LogP contribution in [0.5, 0.6) is 5.75 Å². The summed E-state index contributed by atoms with van der Waals surface area (Å²) in [5.74, 6) is 1.27. The summed E-state index contributed by atoms with van der Waals surface area (Å²) in [4.78, 5) is 24.1. The van der Waals surface area contributed by atoms with E-state index in [1.165, 1.54) is 0 Å². The van der Waals surface area contributed by atoms with E-state index in [9.17, 15) is 4.79 Å². The number of pyridine rings is 2. The van der Waals surface area contributed by atoms with E-state index in [-0.39, 0.29) is 18.0 Å². The van der Waals surface area contributed by atoms with Gasteiger partial charge >= 0.3 is 0 Å². The highest BCUT2D eigenvalue weighted by Crippen LogP contribution is 2.44. The molecule has 4 aromatic rings. The number of methoxy groups -OCH3 is 1. The van der Waals surface area contributed by atoms with Crippen molar-refractivity contribution in [2.24, 2.45) is 5.41 Å². The van der Waals surface area contributed by atoms with Crippen LogP contribution in [-0.4, -0.2) is 32.7 Å². The lowest BCUT2D eigenvalue weighted by atomic mass is 9.95. The van der Waals surface area contributed by atoms with Gasteiger partial charge in [0.05, 0.1) is 24.5 Å². The summed E-state index contributed by atoms with van der Waals surface area (Å²) in [7, 11) is 1.59. The molecular formula is C30H32N6O2S. The van der Waals surface area contributed by atoms with Gasteiger partial charge in [0.2, 0.25) is 5.91 Å². The first-order valence-corrected chi connectivity index (χ1v) is 13.2. The van der Waals surface area contributed by atoms with Crippen LogP contribution in [0.15, 0.2) is 79.3 Å². The van der Waals surface area contributed by atoms with Crippen LogP contribution in [0.4, 0.5) is 11.4 Å². The van der Waals surface area contributed by atoms with E-state index >= 15 is 0 Å². The number of ether oxygens (including phenoxy) is 1. The van der Waals surface area contributed by atoms with Gasteiger partial charge in [-0.2, -0.15) is 0 Å². The predicted octanol–water partition coefficient (Wildman–Crippen LogP) is 5.75. The predicted molar refractivity (Wildman–Crippen MR) is 157 cm³/mol. The minimum absolute atomic E-state index is 0.0940. The van der Waals surface area contributed by atoms with Crippen LogP contribution in [0, 0.1) is 12.3 Å². The van der Waals surface area contributed by atoms with Gasteiger partial charge in [-0.25, -0.2) is 4.98 Å². The average molecular weight is 541 g/mol. The number of rotatable bonds is 6. The van der Waals surface area contributed by atoms with Crippen LogP contribution in [-0.2, 0) is 4.79 Å². The van der Waals surface area contributed by atoms with Crippen molar-refractivity contribution in [2.75, 3.05) is 17.3 Å². The lowest BCUT2D eigenvalue weighted by Gasteiger charge is -2.29. The number of hydrogen-bond acceptors (Lipinski definition) is 5. The molecule has 1 aromatic carbocycles. The monoisotopic (exact) mass is 540 g/mol. The number of nitrogens with zero attached hydrogens (tertiary/aromatic N) is 4. The van der Waals surface area contributed by atoms with Crippen LogP contribution < -0.4 is 20.3 Å². The molecule has 1 aliphatic heterocycles. The maximum Gasteiger partial charge on any atom is 0.229 e. The van der Waals surface area contributed by atoms with Crippen LogP contribution in [0.1, 0.15) is 49.8 Å². The Hall–Kier alpha value is -4.24. The Kier molecular flexibility index (Phi) is 7.10. The molecule has 2 atom stereocenters. The zero-order valence-electron chi connectivity index (χ0n) is 22.7. The van der Waals surface area contributed by atoms with Crippen molar-refractivity contribution in [3.05, 3.63) is 96.2 Å². The standard InChI is InChI=1S/C30H32N6O2S/c1-19-11-14-25(32-18-19)35-16-8-10-23(35)27-26(22-9-6-7-15-31-22)34-29(39)36(27)20-12-13-21(24(17-20)38-5)33-28(37)30(2,3)4/h6-18,26-27H,1-5H3,(H,33,37)(H,34,39)/t26-,27+/m1/s1. The van der Waals surface area contributed by atoms with E-state index in [1.807, 2.05) is 94.7 Å². The topological polar surface area (TPSA) is 84.3 Å². The molecule has 200 valence electrons. The summed E-state index contributed by atoms with van der Waals surface area (Å²) in [5.41, 5.74) is 3.85. The van der Waals surface area contributed by atoms with Crippen molar-refractivity contribution >= 4 is 34.6 Å². The Morgan fingerprint density at radius 2 is 1.90 bits per heavy atom. The third kappa shape index (κ3) is 5.22. The summed E-state index contributed by atoms with van der Waals surface area (Å²) in [6.07, 6.45) is 5.66. The second-order valence-electron chi connectivity index (χ2n) is 10.6. The van der Waals surface area contributed by atoms with Crippen LogP contribution in [0.2, 0.25) is 0 Å². The van der Waals surface area contributed by atoms with E-state index in [4.69, 9.17) is 17.0 Å². The second kappa shape index (κ2) is 10.5. The van der Waals surface area contributed by atoms with Crippen molar-refractivity contribution in [1.29, 1.82) is 0 Å². The minimum atomic E-state index is -0.541. The van der Waals surface area contributed by atoms with Crippen LogP contribution in [0.25, 0.3) is 5.82 Å². The number of aromatic nitrogens is 3. The Morgan fingerprint density at radius 3 is 2.56 bits per heavy atom. The van der Waals surface area contributed by atoms with Crippen molar-refractivity contribution in [3.63, 3.8) is 0 Å². The first-order chi connectivity index (χ1) is 18.7. The van der Waals surface area contributed by atoms with Gasteiger partial charge in [-0.15, -0.1) is 0 Å². The van der Waals surface area contributed by atoms with Gasteiger partial charge < -0.3 is 24.8 Å². The van der Waals surface area contributed by atoms with Gasteiger partial charge in [0.25, 0.3) is 0 Å². The summed E-state index contributed by atoms with van der Waals surface area (Å²) in [6.45, 7) is 7.64. The number of hydrogen-bond donors (Lipinski definition) is 2. The molecule has 8 nitrogen and oxygen atoms in total. The Morgan fingerprint density at radius 1 is 1.08 bits per heavy atom. The lowest BCUT2D eigenvalue weighted by Crippen LogP contribution is -2.30. The molecule has 2 N–H and O–H groups in total. The van der Waals surface area contributed by atoms with Gasteiger partial charge in [0.1, 0.15) is 17.6 Å². The summed E-state index contributed by atoms with van der Waals surface area (Å²) >= 11 is 5.91. The number of thiocarbonyl (C=S) groups is 1. The smallest absolute Gasteiger partial charge is 0.229 e. The van der Waals surface area contributed by atoms with E-state index in [0.29, 0.717) is 16.5 Å². The molecule has 0 radical (unpaired) electrons. The third-order valence-corrected chi connectivity index (χ3v) is 7.03. The number of aryl methyl sites for hydroxylation is 1. The molecule has 1 saturated heterocycles. The van der Waals surface area contributed by atoms with Gasteiger partial charge in [-0.3, -0.25) is 9.78 Å². The fourth-order valence-corrected chi connectivity index (χ4v) is 4.97. The van der Waals surface area contributed by atoms with E-state index in [0.717, 1.165) is 28.5 Å². The van der Waals surface area contributed by atoms with Gasteiger partial charge in [-0.1, -0.05) is 32.9 Å². The quantitative estimate of drug-likeness (QED) is 0.302. The highest BCUT2D eigenvalue weighted by atomic mass is 32.1. The van der Waals surface area contributed by atoms with Gasteiger partial charge in [0.15, 0.2) is 5.11 Å². The Bertz CT molecular complexity index is 1490. The SMILES string of the molecule is COc1cc(N2C(=S)N[C@H](c3ccccn3)[C@@H]2c2cccn2-c2ccc(C)cn2)ccc1NC(=O)C(C)(C)C. The molecule has 39 heavy (non-hydrogen) atoms. The van der Waals surface area contributed by atoms with Gasteiger partial charge in [0, 0.05) is 41.5 Å². The molecule has 5 rings (SSSR count). The largest absolute Gasteiger partial charge is 0.494 e. The van der Waals surface area contributed by atoms with Crippen molar-refractivity contribution in [2.45, 2.75) is 39.8 Å². The minimum Gasteiger partial charge on any atom is -0.494 e. The molecule has 0 bridgehead atoms. The lowest BCUT2D eigenvalue weighted by molar-refractivity contribution is -0.123. The molecule has 1 amide bonds. The molecule has 0 unspecified atom stereocenters. The Labute approximate surface area is 234 Å². The number of carbonyl (C=O) groups excluding carboxylic acids is 1. The maximum atomic E-state index is 12.7. The van der Waals surface area contributed by atoms with E-state index in [2.05, 4.69) is 36.1 Å². The zero-order chi connectivity index (χ0) is 27.7. The summed E-state index contributed by atoms with van der Waals surface area (Å²) < 4.78 is 7.78. The number of amides is 1. The van der Waals surface area contributed by atoms with Crippen LogP contribution >= 0.6 is 12.2 Å². The number of anilines is 2. The normalized spacial score (nSPS) is 17.2. The number of carbonyl (C=O) groups is 1. The molecule has 3 aromatic heterocycles. The van der Waals surface area contributed by atoms with E-state index in [1.54, 1.807) is 13.3 Å². The fraction of sp³-hybridized carbons (Fsp3) is 0.267. The zero-order valence-corrected chi connectivity index (χ0v) is 23.5. The fourth-order valence-electron chi connectivity index (χ4n) is 4.62. The molecule has 0 spiro atoms. The molecule has 1 fully saturated rings. The molecule has 4 heterocycles. The third-order valence-electron chi connectivity index (χ3n) is 6.72. The highest BCUT2D eigenvalue weighted by molar-refractivity contribution is 7.80. The van der Waals surface area contributed by atoms with Crippen LogP contribution in [0.3, 0.4) is 0 Å². The van der Waals surface area contributed by atoms with Crippen molar-refractivity contribution < 1.29 is 9.53 Å².